The summed E-state index contributed by atoms with van der Waals surface area (Å²) in [5, 5.41) is 7.42. The van der Waals surface area contributed by atoms with Gasteiger partial charge in [0.1, 0.15) is 6.04 Å². The first kappa shape index (κ1) is 19.3. The van der Waals surface area contributed by atoms with Gasteiger partial charge in [0.2, 0.25) is 5.91 Å². The molecule has 1 N–H and O–H groups in total. The van der Waals surface area contributed by atoms with Crippen LogP contribution < -0.4 is 5.32 Å². The minimum Gasteiger partial charge on any atom is -0.379 e. The Balaban J connectivity index is 1.48. The van der Waals surface area contributed by atoms with Crippen LogP contribution in [0.1, 0.15) is 22.7 Å². The number of aromatic nitrogens is 3. The molecule has 7 heteroatoms. The maximum atomic E-state index is 13.2. The van der Waals surface area contributed by atoms with Crippen LogP contribution in [-0.4, -0.2) is 51.9 Å². The Hall–Kier alpha value is -3.03. The lowest BCUT2D eigenvalue weighted by molar-refractivity contribution is -0.128. The van der Waals surface area contributed by atoms with Crippen molar-refractivity contribution in [1.29, 1.82) is 0 Å². The average molecular weight is 391 g/mol. The molecule has 150 valence electrons. The van der Waals surface area contributed by atoms with Gasteiger partial charge in [-0.3, -0.25) is 19.4 Å². The molecule has 7 nitrogen and oxygen atoms in total. The van der Waals surface area contributed by atoms with Gasteiger partial charge in [0.15, 0.2) is 0 Å². The van der Waals surface area contributed by atoms with E-state index in [4.69, 9.17) is 4.74 Å². The number of carbonyl (C=O) groups excluding carboxylic acids is 1. The fraction of sp³-hybridized carbons (Fsp3) is 0.318. The maximum absolute atomic E-state index is 13.2. The van der Waals surface area contributed by atoms with Crippen LogP contribution in [-0.2, 0) is 22.6 Å². The van der Waals surface area contributed by atoms with E-state index >= 15 is 0 Å². The standard InChI is InChI=1S/C22H25N5O2/c28-22(21(19-7-3-8-23-15-19)26-11-13-29-14-12-26)24-16-18-5-1-2-6-20(18)17-27-10-4-9-25-27/h1-10,15,21H,11-14,16-17H2,(H,24,28)/t21-/m0/s1. The van der Waals surface area contributed by atoms with Crippen molar-refractivity contribution < 1.29 is 9.53 Å². The molecule has 0 saturated carbocycles. The number of hydrogen-bond donors (Lipinski definition) is 1. The van der Waals surface area contributed by atoms with E-state index in [9.17, 15) is 4.79 Å². The molecule has 1 atom stereocenters. The number of rotatable bonds is 7. The van der Waals surface area contributed by atoms with E-state index in [0.717, 1.165) is 29.8 Å². The zero-order valence-corrected chi connectivity index (χ0v) is 16.3. The molecule has 4 rings (SSSR count). The number of morpholine rings is 1. The van der Waals surface area contributed by atoms with Gasteiger partial charge in [0.25, 0.3) is 0 Å². The van der Waals surface area contributed by atoms with Crippen LogP contribution in [0, 0.1) is 0 Å². The fourth-order valence-electron chi connectivity index (χ4n) is 3.63. The van der Waals surface area contributed by atoms with Crippen LogP contribution in [0.15, 0.2) is 67.3 Å². The summed E-state index contributed by atoms with van der Waals surface area (Å²) in [6.07, 6.45) is 7.20. The molecule has 0 radical (unpaired) electrons. The van der Waals surface area contributed by atoms with E-state index in [-0.39, 0.29) is 11.9 Å². The van der Waals surface area contributed by atoms with Crippen LogP contribution in [0.3, 0.4) is 0 Å². The highest BCUT2D eigenvalue weighted by Gasteiger charge is 2.29. The second-order valence-electron chi connectivity index (χ2n) is 7.03. The number of benzene rings is 1. The number of nitrogens with zero attached hydrogens (tertiary/aromatic N) is 4. The lowest BCUT2D eigenvalue weighted by Crippen LogP contribution is -2.45. The minimum absolute atomic E-state index is 0.0196. The highest BCUT2D eigenvalue weighted by atomic mass is 16.5. The van der Waals surface area contributed by atoms with Crippen LogP contribution >= 0.6 is 0 Å². The first-order chi connectivity index (χ1) is 14.3. The van der Waals surface area contributed by atoms with Crippen molar-refractivity contribution in [1.82, 2.24) is 25.0 Å². The smallest absolute Gasteiger partial charge is 0.242 e. The molecule has 1 saturated heterocycles. The van der Waals surface area contributed by atoms with Crippen LogP contribution in [0.2, 0.25) is 0 Å². The largest absolute Gasteiger partial charge is 0.379 e. The zero-order chi connectivity index (χ0) is 19.9. The monoisotopic (exact) mass is 391 g/mol. The first-order valence-electron chi connectivity index (χ1n) is 9.85. The lowest BCUT2D eigenvalue weighted by atomic mass is 10.0. The lowest BCUT2D eigenvalue weighted by Gasteiger charge is -2.33. The third-order valence-electron chi connectivity index (χ3n) is 5.12. The number of hydrogen-bond acceptors (Lipinski definition) is 5. The minimum atomic E-state index is -0.370. The molecule has 0 aliphatic carbocycles. The third-order valence-corrected chi connectivity index (χ3v) is 5.12. The van der Waals surface area contributed by atoms with Gasteiger partial charge in [-0.15, -0.1) is 0 Å². The number of carbonyl (C=O) groups is 1. The molecular formula is C22H25N5O2. The highest BCUT2D eigenvalue weighted by molar-refractivity contribution is 5.83. The molecule has 2 aromatic heterocycles. The number of ether oxygens (including phenoxy) is 1. The fourth-order valence-corrected chi connectivity index (χ4v) is 3.63. The summed E-state index contributed by atoms with van der Waals surface area (Å²) in [5.41, 5.74) is 3.13. The SMILES string of the molecule is O=C(NCc1ccccc1Cn1cccn1)[C@H](c1cccnc1)N1CCOCC1. The molecule has 3 aromatic rings. The summed E-state index contributed by atoms with van der Waals surface area (Å²) in [6, 6.07) is 13.5. The van der Waals surface area contributed by atoms with E-state index in [1.807, 2.05) is 47.3 Å². The van der Waals surface area contributed by atoms with Crippen LogP contribution in [0.5, 0.6) is 0 Å². The molecule has 1 aliphatic rings. The average Bonchev–Trinajstić information content (AvgIpc) is 3.28. The van der Waals surface area contributed by atoms with Gasteiger partial charge in [0.05, 0.1) is 19.8 Å². The van der Waals surface area contributed by atoms with E-state index in [0.29, 0.717) is 26.3 Å². The Labute approximate surface area is 170 Å². The van der Waals surface area contributed by atoms with Crippen LogP contribution in [0.25, 0.3) is 0 Å². The van der Waals surface area contributed by atoms with Crippen molar-refractivity contribution in [3.8, 4) is 0 Å². The maximum Gasteiger partial charge on any atom is 0.242 e. The Morgan fingerprint density at radius 1 is 1.07 bits per heavy atom. The summed E-state index contributed by atoms with van der Waals surface area (Å²) in [4.78, 5) is 19.6. The van der Waals surface area contributed by atoms with Crippen LogP contribution in [0.4, 0.5) is 0 Å². The van der Waals surface area contributed by atoms with Crippen molar-refractivity contribution in [3.05, 3.63) is 83.9 Å². The van der Waals surface area contributed by atoms with Gasteiger partial charge in [-0.2, -0.15) is 5.10 Å². The number of pyridine rings is 1. The summed E-state index contributed by atoms with van der Waals surface area (Å²) < 4.78 is 7.34. The second kappa shape index (κ2) is 9.45. The summed E-state index contributed by atoms with van der Waals surface area (Å²) in [6.45, 7) is 3.87. The molecule has 29 heavy (non-hydrogen) atoms. The van der Waals surface area contributed by atoms with Crippen molar-refractivity contribution in [2.24, 2.45) is 0 Å². The topological polar surface area (TPSA) is 72.3 Å². The van der Waals surface area contributed by atoms with Gasteiger partial charge >= 0.3 is 0 Å². The van der Waals surface area contributed by atoms with Gasteiger partial charge < -0.3 is 10.1 Å². The summed E-state index contributed by atoms with van der Waals surface area (Å²) >= 11 is 0. The van der Waals surface area contributed by atoms with Gasteiger partial charge in [-0.25, -0.2) is 0 Å². The molecule has 1 aliphatic heterocycles. The van der Waals surface area contributed by atoms with Crippen molar-refractivity contribution in [2.45, 2.75) is 19.1 Å². The highest BCUT2D eigenvalue weighted by Crippen LogP contribution is 2.22. The van der Waals surface area contributed by atoms with E-state index in [1.165, 1.54) is 0 Å². The van der Waals surface area contributed by atoms with Crippen molar-refractivity contribution >= 4 is 5.91 Å². The normalized spacial score (nSPS) is 15.7. The van der Waals surface area contributed by atoms with Gasteiger partial charge in [0, 0.05) is 44.4 Å². The molecule has 0 spiro atoms. The second-order valence-corrected chi connectivity index (χ2v) is 7.03. The molecule has 1 fully saturated rings. The molecule has 1 aromatic carbocycles. The number of amides is 1. The predicted octanol–water partition coefficient (Wildman–Crippen LogP) is 2.02. The zero-order valence-electron chi connectivity index (χ0n) is 16.3. The van der Waals surface area contributed by atoms with Gasteiger partial charge in [-0.1, -0.05) is 30.3 Å². The van der Waals surface area contributed by atoms with Crippen molar-refractivity contribution in [2.75, 3.05) is 26.3 Å². The van der Waals surface area contributed by atoms with E-state index < -0.39 is 0 Å². The quantitative estimate of drug-likeness (QED) is 0.667. The molecular weight excluding hydrogens is 366 g/mol. The predicted molar refractivity (Wildman–Crippen MR) is 109 cm³/mol. The van der Waals surface area contributed by atoms with Gasteiger partial charge in [-0.05, 0) is 28.8 Å². The first-order valence-corrected chi connectivity index (χ1v) is 9.85. The van der Waals surface area contributed by atoms with E-state index in [1.54, 1.807) is 18.6 Å². The summed E-state index contributed by atoms with van der Waals surface area (Å²) in [7, 11) is 0. The summed E-state index contributed by atoms with van der Waals surface area (Å²) in [5.74, 6) is -0.0196. The molecule has 0 bridgehead atoms. The molecule has 0 unspecified atom stereocenters. The Morgan fingerprint density at radius 3 is 2.62 bits per heavy atom. The van der Waals surface area contributed by atoms with E-state index in [2.05, 4.69) is 26.4 Å². The van der Waals surface area contributed by atoms with Crippen molar-refractivity contribution in [3.63, 3.8) is 0 Å². The Kier molecular flexibility index (Phi) is 6.29. The molecule has 1 amide bonds. The number of nitrogens with one attached hydrogen (secondary N) is 1. The third kappa shape index (κ3) is 4.88. The Bertz CT molecular complexity index is 908. The Morgan fingerprint density at radius 2 is 1.90 bits per heavy atom. The molecule has 3 heterocycles.